The first kappa shape index (κ1) is 21.2. The molecule has 1 atom stereocenters. The van der Waals surface area contributed by atoms with Crippen molar-refractivity contribution < 1.29 is 21.9 Å². The normalized spacial score (nSPS) is 16.0. The molecule has 0 aliphatic carbocycles. The lowest BCUT2D eigenvalue weighted by molar-refractivity contribution is -0.0498. The van der Waals surface area contributed by atoms with E-state index in [0.717, 1.165) is 17.5 Å². The van der Waals surface area contributed by atoms with E-state index >= 15 is 0 Å². The van der Waals surface area contributed by atoms with Crippen LogP contribution >= 0.6 is 11.8 Å². The Labute approximate surface area is 181 Å². The molecule has 0 saturated carbocycles. The van der Waals surface area contributed by atoms with Crippen molar-refractivity contribution in [2.75, 3.05) is 11.0 Å². The van der Waals surface area contributed by atoms with Gasteiger partial charge in [-0.2, -0.15) is 18.6 Å². The minimum atomic E-state index is -3.36. The number of nitrogens with one attached hydrogen (secondary N) is 1. The molecule has 162 valence electrons. The molecule has 0 amide bonds. The van der Waals surface area contributed by atoms with Crippen molar-refractivity contribution in [3.8, 4) is 17.1 Å². The van der Waals surface area contributed by atoms with Crippen LogP contribution < -0.4 is 9.46 Å². The maximum atomic E-state index is 12.4. The molecule has 0 fully saturated rings. The van der Waals surface area contributed by atoms with Crippen molar-refractivity contribution in [2.45, 2.75) is 23.9 Å². The molecule has 0 spiro atoms. The Morgan fingerprint density at radius 1 is 1.06 bits per heavy atom. The van der Waals surface area contributed by atoms with Gasteiger partial charge in [-0.05, 0) is 48.9 Å². The molecule has 2 heterocycles. The zero-order valence-corrected chi connectivity index (χ0v) is 18.0. The number of fused-ring (bicyclic) bond motifs is 1. The number of halogens is 2. The summed E-state index contributed by atoms with van der Waals surface area (Å²) in [6.45, 7) is -0.906. The summed E-state index contributed by atoms with van der Waals surface area (Å²) < 4.78 is 55.9. The average Bonchev–Trinajstić information content (AvgIpc) is 3.09. The highest BCUT2D eigenvalue weighted by molar-refractivity contribution is 8.00. The van der Waals surface area contributed by atoms with Gasteiger partial charge in [-0.1, -0.05) is 23.9 Å². The molecule has 12 heteroatoms. The Balaban J connectivity index is 1.65. The Hall–Kier alpha value is -2.99. The van der Waals surface area contributed by atoms with Crippen LogP contribution in [0.5, 0.6) is 5.75 Å². The lowest BCUT2D eigenvalue weighted by Crippen LogP contribution is -2.21. The first-order chi connectivity index (χ1) is 14.7. The second kappa shape index (κ2) is 8.27. The van der Waals surface area contributed by atoms with E-state index in [1.807, 2.05) is 6.92 Å². The molecular formula is C19H17F2N5O3S2. The van der Waals surface area contributed by atoms with Gasteiger partial charge in [0, 0.05) is 11.3 Å². The second-order valence-electron chi connectivity index (χ2n) is 6.72. The van der Waals surface area contributed by atoms with Crippen molar-refractivity contribution in [3.63, 3.8) is 0 Å². The predicted molar refractivity (Wildman–Crippen MR) is 114 cm³/mol. The zero-order valence-electron chi connectivity index (χ0n) is 16.4. The second-order valence-corrected chi connectivity index (χ2v) is 9.77. The van der Waals surface area contributed by atoms with Crippen LogP contribution in [0.4, 0.5) is 14.5 Å². The molecule has 2 aromatic carbocycles. The summed E-state index contributed by atoms with van der Waals surface area (Å²) in [7, 11) is -3.36. The maximum Gasteiger partial charge on any atom is 0.387 e. The number of benzene rings is 2. The van der Waals surface area contributed by atoms with Gasteiger partial charge in [0.1, 0.15) is 5.75 Å². The summed E-state index contributed by atoms with van der Waals surface area (Å²) in [6.07, 6.45) is 1.09. The highest BCUT2D eigenvalue weighted by Gasteiger charge is 2.26. The van der Waals surface area contributed by atoms with Crippen LogP contribution in [0, 0.1) is 0 Å². The number of anilines is 1. The summed E-state index contributed by atoms with van der Waals surface area (Å²) in [4.78, 5) is 0. The van der Waals surface area contributed by atoms with Crippen LogP contribution in [0.2, 0.25) is 0 Å². The van der Waals surface area contributed by atoms with E-state index in [4.69, 9.17) is 5.10 Å². The summed E-state index contributed by atoms with van der Waals surface area (Å²) in [5.41, 5.74) is 2.69. The Bertz CT molecular complexity index is 1230. The number of alkyl halides is 2. The molecule has 3 aromatic rings. The van der Waals surface area contributed by atoms with Gasteiger partial charge in [-0.3, -0.25) is 4.72 Å². The third kappa shape index (κ3) is 4.85. The quantitative estimate of drug-likeness (QED) is 0.597. The predicted octanol–water partition coefficient (Wildman–Crippen LogP) is 3.66. The lowest BCUT2D eigenvalue weighted by Gasteiger charge is -2.20. The van der Waals surface area contributed by atoms with Crippen LogP contribution in [0.25, 0.3) is 11.4 Å². The first-order valence-corrected chi connectivity index (χ1v) is 11.8. The number of thioether (sulfide) groups is 1. The molecule has 0 saturated heterocycles. The largest absolute Gasteiger partial charge is 0.435 e. The number of ether oxygens (including phenoxy) is 1. The fourth-order valence-electron chi connectivity index (χ4n) is 3.01. The van der Waals surface area contributed by atoms with E-state index in [0.29, 0.717) is 22.2 Å². The van der Waals surface area contributed by atoms with Crippen molar-refractivity contribution in [2.24, 2.45) is 5.10 Å². The number of aromatic nitrogens is 3. The zero-order chi connectivity index (χ0) is 22.2. The van der Waals surface area contributed by atoms with Crippen LogP contribution in [-0.2, 0) is 10.0 Å². The molecular weight excluding hydrogens is 448 g/mol. The van der Waals surface area contributed by atoms with Gasteiger partial charge in [-0.25, -0.2) is 8.42 Å². The number of nitrogens with zero attached hydrogens (tertiary/aromatic N) is 4. The van der Waals surface area contributed by atoms with Gasteiger partial charge in [0.25, 0.3) is 0 Å². The van der Waals surface area contributed by atoms with Gasteiger partial charge in [0.2, 0.25) is 15.2 Å². The van der Waals surface area contributed by atoms with Crippen molar-refractivity contribution in [1.29, 1.82) is 0 Å². The highest BCUT2D eigenvalue weighted by atomic mass is 32.2. The van der Waals surface area contributed by atoms with Crippen molar-refractivity contribution in [1.82, 2.24) is 14.9 Å². The lowest BCUT2D eigenvalue weighted by atomic mass is 10.1. The van der Waals surface area contributed by atoms with E-state index < -0.39 is 16.6 Å². The average molecular weight is 466 g/mol. The van der Waals surface area contributed by atoms with Gasteiger partial charge in [-0.15, -0.1) is 10.2 Å². The van der Waals surface area contributed by atoms with Crippen LogP contribution in [0.15, 0.2) is 58.8 Å². The van der Waals surface area contributed by atoms with E-state index in [1.165, 1.54) is 23.9 Å². The summed E-state index contributed by atoms with van der Waals surface area (Å²) in [6, 6.07) is 13.0. The van der Waals surface area contributed by atoms with E-state index in [-0.39, 0.29) is 11.0 Å². The maximum absolute atomic E-state index is 12.4. The van der Waals surface area contributed by atoms with E-state index in [9.17, 15) is 17.2 Å². The van der Waals surface area contributed by atoms with Crippen LogP contribution in [0.3, 0.4) is 0 Å². The molecule has 1 N–H and O–H groups in total. The Kier molecular flexibility index (Phi) is 5.67. The van der Waals surface area contributed by atoms with E-state index in [1.54, 1.807) is 41.1 Å². The monoisotopic (exact) mass is 465 g/mol. The smallest absolute Gasteiger partial charge is 0.387 e. The highest BCUT2D eigenvalue weighted by Crippen LogP contribution is 2.33. The number of rotatable bonds is 6. The molecule has 31 heavy (non-hydrogen) atoms. The van der Waals surface area contributed by atoms with Gasteiger partial charge >= 0.3 is 6.61 Å². The van der Waals surface area contributed by atoms with Crippen LogP contribution in [-0.4, -0.2) is 47.1 Å². The van der Waals surface area contributed by atoms with Crippen molar-refractivity contribution >= 4 is 33.2 Å². The molecule has 0 bridgehead atoms. The van der Waals surface area contributed by atoms with Crippen molar-refractivity contribution in [3.05, 3.63) is 54.1 Å². The molecule has 0 radical (unpaired) electrons. The van der Waals surface area contributed by atoms with Gasteiger partial charge in [0.15, 0.2) is 5.82 Å². The molecule has 1 aliphatic rings. The molecule has 1 aliphatic heterocycles. The molecule has 4 rings (SSSR count). The summed E-state index contributed by atoms with van der Waals surface area (Å²) in [5, 5.41) is 13.7. The third-order valence-electron chi connectivity index (χ3n) is 4.31. The third-order valence-corrected chi connectivity index (χ3v) is 5.96. The van der Waals surface area contributed by atoms with Gasteiger partial charge < -0.3 is 4.74 Å². The number of hydrogen-bond donors (Lipinski definition) is 1. The van der Waals surface area contributed by atoms with Gasteiger partial charge in [0.05, 0.1) is 17.2 Å². The molecule has 8 nitrogen and oxygen atoms in total. The number of sulfonamides is 1. The Morgan fingerprint density at radius 2 is 1.71 bits per heavy atom. The molecule has 1 aromatic heterocycles. The van der Waals surface area contributed by atoms with E-state index in [2.05, 4.69) is 19.7 Å². The summed E-state index contributed by atoms with van der Waals surface area (Å²) in [5.74, 6) is 0.512. The summed E-state index contributed by atoms with van der Waals surface area (Å²) >= 11 is 1.48. The SMILES string of the molecule is C[C@H]1Sc2nnc(-c3ccc(OC(F)F)cc3)n2N=C1c1ccc(NS(C)(=O)=O)cc1. The minimum Gasteiger partial charge on any atom is -0.435 e. The minimum absolute atomic E-state index is 0.0138. The fraction of sp³-hybridized carbons (Fsp3) is 0.211. The fourth-order valence-corrected chi connectivity index (χ4v) is 4.50. The Morgan fingerprint density at radius 3 is 2.32 bits per heavy atom. The number of hydrogen-bond acceptors (Lipinski definition) is 7. The topological polar surface area (TPSA) is 98.5 Å². The van der Waals surface area contributed by atoms with Crippen LogP contribution in [0.1, 0.15) is 12.5 Å². The first-order valence-electron chi connectivity index (χ1n) is 9.04. The standard InChI is InChI=1S/C19H17F2N5O3S2/c1-11-16(12-3-7-14(8-4-12)25-31(2,27)28)24-26-17(22-23-19(26)30-11)13-5-9-15(10-6-13)29-18(20)21/h3-11,18,25H,1-2H3/t11-/m1/s1. The molecule has 0 unspecified atom stereocenters.